The first-order chi connectivity index (χ1) is 14.0. The molecular formula is C22H32F3NO6. The molecule has 1 rings (SSSR count). The molecule has 0 saturated heterocycles. The van der Waals surface area contributed by atoms with Crippen molar-refractivity contribution in [1.29, 1.82) is 0 Å². The molecule has 1 aliphatic rings. The van der Waals surface area contributed by atoms with E-state index in [1.165, 1.54) is 20.8 Å². The van der Waals surface area contributed by atoms with Gasteiger partial charge >= 0.3 is 18.1 Å². The second kappa shape index (κ2) is 8.78. The summed E-state index contributed by atoms with van der Waals surface area (Å²) in [6, 6.07) is 0. The number of ketones is 1. The quantitative estimate of drug-likeness (QED) is 0.621. The maximum atomic E-state index is 13.4. The number of hydrogen-bond acceptors (Lipinski definition) is 7. The fourth-order valence-corrected chi connectivity index (χ4v) is 2.76. The van der Waals surface area contributed by atoms with Crippen molar-refractivity contribution in [3.8, 4) is 0 Å². The smallest absolute Gasteiger partial charge is 0.454 e. The highest BCUT2D eigenvalue weighted by Crippen LogP contribution is 2.39. The Morgan fingerprint density at radius 1 is 0.844 bits per heavy atom. The van der Waals surface area contributed by atoms with Crippen LogP contribution in [-0.2, 0) is 28.6 Å². The lowest BCUT2D eigenvalue weighted by molar-refractivity contribution is -0.170. The number of halogens is 3. The van der Waals surface area contributed by atoms with Crippen molar-refractivity contribution in [2.24, 2.45) is 5.92 Å². The van der Waals surface area contributed by atoms with Crippen molar-refractivity contribution < 1.29 is 41.8 Å². The number of ether oxygens (including phenoxy) is 3. The number of carbonyl (C=O) groups excluding carboxylic acids is 3. The standard InChI is InChI=1S/C22H32F3NO6/c1-11-12(15(27)22(23,24)25)13(17(28)31-20(5,6)7)14(18(29)32-21(8,9)10)16(30-11)26-19(2,3)4/h13,26H,1-10H3. The maximum Gasteiger partial charge on any atom is 0.454 e. The third kappa shape index (κ3) is 7.56. The minimum Gasteiger partial charge on any atom is -0.459 e. The van der Waals surface area contributed by atoms with Crippen molar-refractivity contribution in [1.82, 2.24) is 5.32 Å². The van der Waals surface area contributed by atoms with Gasteiger partial charge in [-0.05, 0) is 69.2 Å². The van der Waals surface area contributed by atoms with Gasteiger partial charge in [0.05, 0.1) is 5.57 Å². The molecule has 1 heterocycles. The van der Waals surface area contributed by atoms with Gasteiger partial charge in [-0.1, -0.05) is 0 Å². The number of esters is 2. The third-order valence-corrected chi connectivity index (χ3v) is 3.71. The van der Waals surface area contributed by atoms with Crippen LogP contribution in [0.15, 0.2) is 22.8 Å². The molecule has 7 nitrogen and oxygen atoms in total. The van der Waals surface area contributed by atoms with Gasteiger partial charge in [0.25, 0.3) is 5.78 Å². The van der Waals surface area contributed by atoms with E-state index in [1.54, 1.807) is 41.5 Å². The lowest BCUT2D eigenvalue weighted by Gasteiger charge is -2.34. The van der Waals surface area contributed by atoms with Crippen molar-refractivity contribution in [3.05, 3.63) is 22.8 Å². The van der Waals surface area contributed by atoms with Gasteiger partial charge in [0.2, 0.25) is 5.88 Å². The van der Waals surface area contributed by atoms with Crippen LogP contribution in [0.1, 0.15) is 69.2 Å². The lowest BCUT2D eigenvalue weighted by Crippen LogP contribution is -2.45. The van der Waals surface area contributed by atoms with Crippen LogP contribution < -0.4 is 5.32 Å². The fourth-order valence-electron chi connectivity index (χ4n) is 2.76. The molecule has 32 heavy (non-hydrogen) atoms. The zero-order valence-corrected chi connectivity index (χ0v) is 20.2. The van der Waals surface area contributed by atoms with Crippen molar-refractivity contribution in [2.75, 3.05) is 0 Å². The molecule has 0 aromatic carbocycles. The highest BCUT2D eigenvalue weighted by molar-refractivity contribution is 6.09. The average molecular weight is 463 g/mol. The van der Waals surface area contributed by atoms with E-state index >= 15 is 0 Å². The fraction of sp³-hybridized carbons (Fsp3) is 0.682. The Morgan fingerprint density at radius 3 is 1.69 bits per heavy atom. The van der Waals surface area contributed by atoms with Gasteiger partial charge in [0.1, 0.15) is 28.5 Å². The third-order valence-electron chi connectivity index (χ3n) is 3.71. The first kappa shape index (κ1) is 27.5. The molecule has 0 saturated carbocycles. The van der Waals surface area contributed by atoms with Crippen LogP contribution in [0.3, 0.4) is 0 Å². The predicted octanol–water partition coefficient (Wildman–Crippen LogP) is 4.32. The van der Waals surface area contributed by atoms with Gasteiger partial charge in [-0.3, -0.25) is 9.59 Å². The Labute approximate surface area is 186 Å². The lowest BCUT2D eigenvalue weighted by atomic mass is 9.85. The molecule has 0 aromatic heterocycles. The van der Waals surface area contributed by atoms with Crippen LogP contribution in [0.25, 0.3) is 0 Å². The summed E-state index contributed by atoms with van der Waals surface area (Å²) in [6.07, 6.45) is -5.31. The molecule has 0 radical (unpaired) electrons. The molecule has 0 aliphatic carbocycles. The zero-order chi connectivity index (χ0) is 25.4. The van der Waals surface area contributed by atoms with Gasteiger partial charge < -0.3 is 19.5 Å². The molecule has 0 fully saturated rings. The van der Waals surface area contributed by atoms with Crippen LogP contribution >= 0.6 is 0 Å². The van der Waals surface area contributed by atoms with Crippen LogP contribution in [0.4, 0.5) is 13.2 Å². The van der Waals surface area contributed by atoms with E-state index in [1.807, 2.05) is 0 Å². The normalized spacial score (nSPS) is 18.2. The summed E-state index contributed by atoms with van der Waals surface area (Å²) >= 11 is 0. The SMILES string of the molecule is CC1=C(C(=O)C(F)(F)F)C(C(=O)OC(C)(C)C)C(C(=O)OC(C)(C)C)=C(NC(C)(C)C)O1. The number of nitrogens with one attached hydrogen (secondary N) is 1. The second-order valence-corrected chi connectivity index (χ2v) is 10.5. The van der Waals surface area contributed by atoms with Crippen LogP contribution in [0, 0.1) is 5.92 Å². The predicted molar refractivity (Wildman–Crippen MR) is 110 cm³/mol. The number of carbonyl (C=O) groups is 3. The zero-order valence-electron chi connectivity index (χ0n) is 20.2. The molecule has 0 spiro atoms. The van der Waals surface area contributed by atoms with E-state index in [-0.39, 0.29) is 5.88 Å². The monoisotopic (exact) mass is 463 g/mol. The topological polar surface area (TPSA) is 90.9 Å². The molecule has 10 heteroatoms. The Hall–Kier alpha value is -2.52. The molecular weight excluding hydrogens is 431 g/mol. The van der Waals surface area contributed by atoms with Gasteiger partial charge in [0.15, 0.2) is 0 Å². The largest absolute Gasteiger partial charge is 0.459 e. The highest BCUT2D eigenvalue weighted by atomic mass is 19.4. The maximum absolute atomic E-state index is 13.4. The molecule has 0 aromatic rings. The van der Waals surface area contributed by atoms with Gasteiger partial charge in [-0.2, -0.15) is 13.2 Å². The number of Topliss-reactive ketones (excluding diaryl/α,β-unsaturated/α-hetero) is 1. The first-order valence-electron chi connectivity index (χ1n) is 10.0. The molecule has 1 N–H and O–H groups in total. The highest BCUT2D eigenvalue weighted by Gasteiger charge is 2.52. The second-order valence-electron chi connectivity index (χ2n) is 10.5. The van der Waals surface area contributed by atoms with Crippen molar-refractivity contribution >= 4 is 17.7 Å². The van der Waals surface area contributed by atoms with E-state index in [4.69, 9.17) is 14.2 Å². The molecule has 0 amide bonds. The number of hydrogen-bond donors (Lipinski definition) is 1. The number of allylic oxidation sites excluding steroid dienone is 1. The average Bonchev–Trinajstić information content (AvgIpc) is 2.47. The van der Waals surface area contributed by atoms with Gasteiger partial charge in [-0.25, -0.2) is 4.79 Å². The summed E-state index contributed by atoms with van der Waals surface area (Å²) in [5.74, 6) is -7.37. The van der Waals surface area contributed by atoms with Gasteiger partial charge in [-0.15, -0.1) is 0 Å². The van der Waals surface area contributed by atoms with Gasteiger partial charge in [0, 0.05) is 5.54 Å². The molecule has 1 unspecified atom stereocenters. The number of alkyl halides is 3. The van der Waals surface area contributed by atoms with E-state index in [0.29, 0.717) is 0 Å². The molecule has 0 bridgehead atoms. The summed E-state index contributed by atoms with van der Waals surface area (Å²) in [5, 5.41) is 2.87. The Morgan fingerprint density at radius 2 is 1.31 bits per heavy atom. The van der Waals surface area contributed by atoms with E-state index in [0.717, 1.165) is 6.92 Å². The first-order valence-corrected chi connectivity index (χ1v) is 10.0. The van der Waals surface area contributed by atoms with Crippen molar-refractivity contribution in [3.63, 3.8) is 0 Å². The summed E-state index contributed by atoms with van der Waals surface area (Å²) in [5.41, 5.74) is -4.45. The molecule has 1 atom stereocenters. The van der Waals surface area contributed by atoms with E-state index in [9.17, 15) is 27.6 Å². The summed E-state index contributed by atoms with van der Waals surface area (Å²) in [6.45, 7) is 15.5. The Kier molecular flexibility index (Phi) is 7.55. The minimum absolute atomic E-state index is 0.279. The van der Waals surface area contributed by atoms with Crippen LogP contribution in [-0.4, -0.2) is 40.6 Å². The van der Waals surface area contributed by atoms with Crippen LogP contribution in [0.2, 0.25) is 0 Å². The van der Waals surface area contributed by atoms with E-state index in [2.05, 4.69) is 5.32 Å². The van der Waals surface area contributed by atoms with E-state index < -0.39 is 63.5 Å². The van der Waals surface area contributed by atoms with Crippen LogP contribution in [0.5, 0.6) is 0 Å². The number of rotatable bonds is 4. The molecule has 1 aliphatic heterocycles. The molecule has 182 valence electrons. The van der Waals surface area contributed by atoms with Crippen molar-refractivity contribution in [2.45, 2.75) is 92.2 Å². The Bertz CT molecular complexity index is 849. The summed E-state index contributed by atoms with van der Waals surface area (Å²) in [4.78, 5) is 38.5. The minimum atomic E-state index is -5.31. The summed E-state index contributed by atoms with van der Waals surface area (Å²) < 4.78 is 56.3. The Balaban J connectivity index is 3.84. The summed E-state index contributed by atoms with van der Waals surface area (Å²) in [7, 11) is 0.